The van der Waals surface area contributed by atoms with Crippen molar-refractivity contribution < 1.29 is 9.34 Å². The summed E-state index contributed by atoms with van der Waals surface area (Å²) in [6, 6.07) is 9.60. The number of hydrogen-bond acceptors (Lipinski definition) is 3. The summed E-state index contributed by atoms with van der Waals surface area (Å²) < 4.78 is 5.01. The van der Waals surface area contributed by atoms with Gasteiger partial charge in [-0.2, -0.15) is 0 Å². The zero-order chi connectivity index (χ0) is 9.97. The Bertz CT molecular complexity index is 448. The van der Waals surface area contributed by atoms with Crippen molar-refractivity contribution in [3.63, 3.8) is 0 Å². The highest BCUT2D eigenvalue weighted by Crippen LogP contribution is 2.23. The molecule has 0 amide bonds. The van der Waals surface area contributed by atoms with E-state index in [2.05, 4.69) is 6.26 Å². The maximum absolute atomic E-state index is 10.5. The van der Waals surface area contributed by atoms with Crippen molar-refractivity contribution >= 4 is 5.69 Å². The first-order valence-electron chi connectivity index (χ1n) is 3.98. The highest BCUT2D eigenvalue weighted by Gasteiger charge is 2.07. The number of nitro benzene ring substituents is 1. The molecule has 2 aromatic rings. The lowest BCUT2D eigenvalue weighted by molar-refractivity contribution is -0.384. The molecule has 1 aromatic heterocycles. The van der Waals surface area contributed by atoms with Gasteiger partial charge in [-0.15, -0.1) is 0 Å². The van der Waals surface area contributed by atoms with Gasteiger partial charge < -0.3 is 4.42 Å². The highest BCUT2D eigenvalue weighted by molar-refractivity contribution is 5.60. The van der Waals surface area contributed by atoms with Gasteiger partial charge in [0.1, 0.15) is 5.76 Å². The summed E-state index contributed by atoms with van der Waals surface area (Å²) in [5.41, 5.74) is 0.736. The van der Waals surface area contributed by atoms with Crippen LogP contribution in [-0.2, 0) is 0 Å². The summed E-state index contributed by atoms with van der Waals surface area (Å²) in [6.45, 7) is 0. The molecule has 4 heteroatoms. The predicted molar refractivity (Wildman–Crippen MR) is 49.6 cm³/mol. The van der Waals surface area contributed by atoms with Crippen LogP contribution in [0.4, 0.5) is 5.69 Å². The van der Waals surface area contributed by atoms with E-state index in [1.807, 2.05) is 0 Å². The summed E-state index contributed by atoms with van der Waals surface area (Å²) in [5.74, 6) is 0.578. The van der Waals surface area contributed by atoms with Crippen molar-refractivity contribution in [3.8, 4) is 11.3 Å². The van der Waals surface area contributed by atoms with E-state index in [0.717, 1.165) is 0 Å². The quantitative estimate of drug-likeness (QED) is 0.537. The van der Waals surface area contributed by atoms with E-state index in [1.165, 1.54) is 12.1 Å². The molecule has 0 N–H and O–H groups in total. The topological polar surface area (TPSA) is 56.3 Å². The fraction of sp³-hybridized carbons (Fsp3) is 0. The van der Waals surface area contributed by atoms with Crippen molar-refractivity contribution in [2.75, 3.05) is 0 Å². The van der Waals surface area contributed by atoms with Gasteiger partial charge in [-0.25, -0.2) is 0 Å². The second-order valence-electron chi connectivity index (χ2n) is 2.72. The second kappa shape index (κ2) is 3.33. The summed E-state index contributed by atoms with van der Waals surface area (Å²) in [4.78, 5) is 10.1. The van der Waals surface area contributed by atoms with Gasteiger partial charge in [0.15, 0.2) is 6.26 Å². The van der Waals surface area contributed by atoms with Gasteiger partial charge in [0.05, 0.1) is 4.92 Å². The molecular weight excluding hydrogens is 182 g/mol. The maximum Gasteiger partial charge on any atom is 0.270 e. The van der Waals surface area contributed by atoms with Crippen molar-refractivity contribution in [2.45, 2.75) is 0 Å². The van der Waals surface area contributed by atoms with Gasteiger partial charge >= 0.3 is 0 Å². The molecule has 1 aromatic carbocycles. The molecule has 2 rings (SSSR count). The van der Waals surface area contributed by atoms with Crippen molar-refractivity contribution in [2.24, 2.45) is 0 Å². The van der Waals surface area contributed by atoms with E-state index in [4.69, 9.17) is 4.42 Å². The molecule has 0 saturated carbocycles. The van der Waals surface area contributed by atoms with Gasteiger partial charge in [-0.05, 0) is 12.1 Å². The Hall–Kier alpha value is -2.10. The number of rotatable bonds is 2. The van der Waals surface area contributed by atoms with Gasteiger partial charge in [0.25, 0.3) is 5.69 Å². The number of hydrogen-bond donors (Lipinski definition) is 0. The molecule has 0 aliphatic rings. The van der Waals surface area contributed by atoms with Gasteiger partial charge in [-0.1, -0.05) is 12.1 Å². The van der Waals surface area contributed by atoms with Crippen LogP contribution in [-0.4, -0.2) is 4.92 Å². The molecular formula is C10H6NO3. The Kier molecular flexibility index (Phi) is 2.02. The maximum atomic E-state index is 10.5. The predicted octanol–water partition coefficient (Wildman–Crippen LogP) is 2.65. The van der Waals surface area contributed by atoms with Crippen molar-refractivity contribution in [1.29, 1.82) is 0 Å². The number of nitro groups is 1. The Balaban J connectivity index is 2.46. The fourth-order valence-electron chi connectivity index (χ4n) is 1.17. The van der Waals surface area contributed by atoms with E-state index in [0.29, 0.717) is 11.3 Å². The number of nitrogens with zero attached hydrogens (tertiary/aromatic N) is 1. The van der Waals surface area contributed by atoms with Crippen LogP contribution >= 0.6 is 0 Å². The first-order valence-corrected chi connectivity index (χ1v) is 3.98. The fourth-order valence-corrected chi connectivity index (χ4v) is 1.17. The number of non-ortho nitro benzene ring substituents is 1. The highest BCUT2D eigenvalue weighted by atomic mass is 16.6. The van der Waals surface area contributed by atoms with Crippen LogP contribution in [0.15, 0.2) is 40.8 Å². The molecule has 4 nitrogen and oxygen atoms in total. The molecule has 0 aliphatic carbocycles. The second-order valence-corrected chi connectivity index (χ2v) is 2.72. The van der Waals surface area contributed by atoms with Crippen LogP contribution in [0.2, 0.25) is 0 Å². The van der Waals surface area contributed by atoms with E-state index >= 15 is 0 Å². The monoisotopic (exact) mass is 188 g/mol. The Morgan fingerprint density at radius 3 is 2.86 bits per heavy atom. The first-order chi connectivity index (χ1) is 6.77. The van der Waals surface area contributed by atoms with Crippen LogP contribution in [0.25, 0.3) is 11.3 Å². The van der Waals surface area contributed by atoms with E-state index in [9.17, 15) is 10.1 Å². The summed E-state index contributed by atoms with van der Waals surface area (Å²) in [6.07, 6.45) is 2.53. The van der Waals surface area contributed by atoms with Crippen LogP contribution in [0.3, 0.4) is 0 Å². The Morgan fingerprint density at radius 2 is 2.21 bits per heavy atom. The average molecular weight is 188 g/mol. The third kappa shape index (κ3) is 1.50. The van der Waals surface area contributed by atoms with Crippen molar-refractivity contribution in [1.82, 2.24) is 0 Å². The third-order valence-electron chi connectivity index (χ3n) is 1.81. The molecule has 0 atom stereocenters. The molecule has 0 aliphatic heterocycles. The molecule has 0 fully saturated rings. The molecule has 69 valence electrons. The number of furan rings is 1. The SMILES string of the molecule is O=[N+]([O-])c1cccc(-c2cc[c]o2)c1. The lowest BCUT2D eigenvalue weighted by atomic mass is 10.1. The lowest BCUT2D eigenvalue weighted by Gasteiger charge is -1.95. The van der Waals surface area contributed by atoms with Gasteiger partial charge in [0.2, 0.25) is 0 Å². The molecule has 1 radical (unpaired) electrons. The smallest absolute Gasteiger partial charge is 0.270 e. The molecule has 0 unspecified atom stereocenters. The van der Waals surface area contributed by atoms with E-state index < -0.39 is 4.92 Å². The van der Waals surface area contributed by atoms with Crippen LogP contribution in [0.1, 0.15) is 0 Å². The van der Waals surface area contributed by atoms with Crippen molar-refractivity contribution in [3.05, 3.63) is 52.8 Å². The first kappa shape index (κ1) is 8.50. The minimum Gasteiger partial charge on any atom is -0.453 e. The molecule has 0 spiro atoms. The average Bonchev–Trinajstić information content (AvgIpc) is 2.71. The minimum absolute atomic E-state index is 0.0545. The Labute approximate surface area is 79.9 Å². The zero-order valence-electron chi connectivity index (χ0n) is 7.14. The molecule has 1 heterocycles. The molecule has 0 bridgehead atoms. The van der Waals surface area contributed by atoms with Gasteiger partial charge in [-0.3, -0.25) is 10.1 Å². The number of benzene rings is 1. The zero-order valence-corrected chi connectivity index (χ0v) is 7.14. The lowest BCUT2D eigenvalue weighted by Crippen LogP contribution is -1.87. The summed E-state index contributed by atoms with van der Waals surface area (Å²) in [5, 5.41) is 10.5. The van der Waals surface area contributed by atoms with Crippen LogP contribution in [0, 0.1) is 16.4 Å². The van der Waals surface area contributed by atoms with Crippen LogP contribution < -0.4 is 0 Å². The van der Waals surface area contributed by atoms with E-state index in [-0.39, 0.29) is 5.69 Å². The Morgan fingerprint density at radius 1 is 1.36 bits per heavy atom. The largest absolute Gasteiger partial charge is 0.453 e. The standard InChI is InChI=1S/C10H6NO3/c12-11(13)9-4-1-3-8(7-9)10-5-2-6-14-10/h1-5,7H. The third-order valence-corrected chi connectivity index (χ3v) is 1.81. The van der Waals surface area contributed by atoms with Crippen LogP contribution in [0.5, 0.6) is 0 Å². The molecule has 0 saturated heterocycles. The normalized spacial score (nSPS) is 10.0. The summed E-state index contributed by atoms with van der Waals surface area (Å²) >= 11 is 0. The van der Waals surface area contributed by atoms with Gasteiger partial charge in [0, 0.05) is 17.7 Å². The van der Waals surface area contributed by atoms with E-state index in [1.54, 1.807) is 24.3 Å². The molecule has 14 heavy (non-hydrogen) atoms. The minimum atomic E-state index is -0.434. The summed E-state index contributed by atoms with van der Waals surface area (Å²) in [7, 11) is 0.